The zero-order valence-electron chi connectivity index (χ0n) is 19.0. The molecule has 1 unspecified atom stereocenters. The van der Waals surface area contributed by atoms with Gasteiger partial charge in [-0.25, -0.2) is 13.4 Å². The van der Waals surface area contributed by atoms with E-state index in [0.29, 0.717) is 41.1 Å². The Bertz CT molecular complexity index is 1270. The number of thiazole rings is 1. The van der Waals surface area contributed by atoms with Crippen LogP contribution in [0.15, 0.2) is 47.4 Å². The van der Waals surface area contributed by atoms with Gasteiger partial charge in [-0.2, -0.15) is 0 Å². The number of hydrogen-bond donors (Lipinski definition) is 2. The summed E-state index contributed by atoms with van der Waals surface area (Å²) >= 11 is 1.44. The molecule has 3 aromatic rings. The van der Waals surface area contributed by atoms with E-state index in [4.69, 9.17) is 14.2 Å². The maximum Gasteiger partial charge on any atom is 0.257 e. The van der Waals surface area contributed by atoms with Crippen LogP contribution in [0.4, 0.5) is 5.13 Å². The van der Waals surface area contributed by atoms with Gasteiger partial charge in [0.05, 0.1) is 17.2 Å². The number of anilines is 1. The summed E-state index contributed by atoms with van der Waals surface area (Å²) in [4.78, 5) is 18.8. The summed E-state index contributed by atoms with van der Waals surface area (Å²) in [6.45, 7) is 3.67. The molecule has 9 nitrogen and oxygen atoms in total. The number of fused-ring (bicyclic) bond motifs is 1. The predicted molar refractivity (Wildman–Crippen MR) is 129 cm³/mol. The topological polar surface area (TPSA) is 116 Å². The lowest BCUT2D eigenvalue weighted by Gasteiger charge is -2.16. The summed E-state index contributed by atoms with van der Waals surface area (Å²) in [5.41, 5.74) is 1.28. The summed E-state index contributed by atoms with van der Waals surface area (Å²) < 4.78 is 40.3. The second kappa shape index (κ2) is 10.1. The summed E-state index contributed by atoms with van der Waals surface area (Å²) in [6.07, 6.45) is 0.892. The molecule has 11 heteroatoms. The minimum absolute atomic E-state index is 0.191. The molecule has 1 atom stereocenters. The highest BCUT2D eigenvalue weighted by Crippen LogP contribution is 2.31. The number of ether oxygens (including phenoxy) is 3. The van der Waals surface area contributed by atoms with Crippen LogP contribution in [0.1, 0.15) is 27.9 Å². The van der Waals surface area contributed by atoms with Gasteiger partial charge in [0.2, 0.25) is 0 Å². The van der Waals surface area contributed by atoms with Gasteiger partial charge in [-0.3, -0.25) is 10.1 Å². The number of nitrogens with one attached hydrogen (secondary N) is 2. The van der Waals surface area contributed by atoms with E-state index in [9.17, 15) is 13.2 Å². The predicted octanol–water partition coefficient (Wildman–Crippen LogP) is 3.61. The number of amides is 1. The minimum Gasteiger partial charge on any atom is -0.488 e. The number of methoxy groups -OCH3 is 1. The maximum atomic E-state index is 13.0. The van der Waals surface area contributed by atoms with Crippen molar-refractivity contribution in [1.82, 2.24) is 10.3 Å². The smallest absolute Gasteiger partial charge is 0.257 e. The molecule has 0 radical (unpaired) electrons. The summed E-state index contributed by atoms with van der Waals surface area (Å²) in [6, 6.07) is 10.9. The molecule has 0 fully saturated rings. The van der Waals surface area contributed by atoms with Crippen molar-refractivity contribution < 1.29 is 27.4 Å². The first-order chi connectivity index (χ1) is 16.2. The average molecular weight is 504 g/mol. The molecule has 4 rings (SSSR count). The lowest BCUT2D eigenvalue weighted by atomic mass is 10.2. The second-order valence-corrected chi connectivity index (χ2v) is 11.0. The third-order valence-corrected chi connectivity index (χ3v) is 7.09. The molecule has 1 aliphatic heterocycles. The Kier molecular flexibility index (Phi) is 7.17. The van der Waals surface area contributed by atoms with Gasteiger partial charge in [-0.15, -0.1) is 11.3 Å². The van der Waals surface area contributed by atoms with E-state index in [1.165, 1.54) is 23.5 Å². The van der Waals surface area contributed by atoms with Crippen LogP contribution in [-0.4, -0.2) is 45.4 Å². The monoisotopic (exact) mass is 503 g/mol. The van der Waals surface area contributed by atoms with Crippen LogP contribution < -0.4 is 20.1 Å². The molecule has 0 saturated carbocycles. The first kappa shape index (κ1) is 24.1. The van der Waals surface area contributed by atoms with Gasteiger partial charge in [0.25, 0.3) is 5.91 Å². The molecule has 1 aromatic heterocycles. The van der Waals surface area contributed by atoms with Crippen molar-refractivity contribution in [3.63, 3.8) is 0 Å². The number of carbonyl (C=O) groups is 1. The minimum atomic E-state index is -3.31. The second-order valence-electron chi connectivity index (χ2n) is 7.87. The van der Waals surface area contributed by atoms with Crippen molar-refractivity contribution in [2.75, 3.05) is 25.3 Å². The number of rotatable bonds is 9. The van der Waals surface area contributed by atoms with Crippen molar-refractivity contribution in [3.05, 3.63) is 58.6 Å². The Hall–Kier alpha value is -2.99. The normalized spacial score (nSPS) is 13.9. The first-order valence-corrected chi connectivity index (χ1v) is 13.2. The Balaban J connectivity index is 1.58. The van der Waals surface area contributed by atoms with E-state index in [1.54, 1.807) is 37.4 Å². The molecule has 180 valence electrons. The molecular formula is C23H25N3O6S2. The third-order valence-electron chi connectivity index (χ3n) is 4.95. The average Bonchev–Trinajstić information content (AvgIpc) is 3.35. The van der Waals surface area contributed by atoms with Crippen LogP contribution in [0.5, 0.6) is 17.2 Å². The fourth-order valence-electron chi connectivity index (χ4n) is 3.40. The number of hydrogen-bond acceptors (Lipinski definition) is 9. The van der Waals surface area contributed by atoms with Crippen molar-refractivity contribution in [2.24, 2.45) is 0 Å². The van der Waals surface area contributed by atoms with E-state index in [-0.39, 0.29) is 16.9 Å². The molecule has 0 saturated heterocycles. The van der Waals surface area contributed by atoms with Crippen LogP contribution in [0, 0.1) is 0 Å². The zero-order chi connectivity index (χ0) is 24.3. The van der Waals surface area contributed by atoms with E-state index < -0.39 is 9.84 Å². The van der Waals surface area contributed by atoms with Crippen LogP contribution >= 0.6 is 11.3 Å². The zero-order valence-corrected chi connectivity index (χ0v) is 20.6. The maximum absolute atomic E-state index is 13.0. The summed E-state index contributed by atoms with van der Waals surface area (Å²) in [5.74, 6) is 0.878. The molecule has 0 bridgehead atoms. The van der Waals surface area contributed by atoms with E-state index in [0.717, 1.165) is 23.4 Å². The Morgan fingerprint density at radius 3 is 2.56 bits per heavy atom. The summed E-state index contributed by atoms with van der Waals surface area (Å²) in [7, 11) is -1.73. The fraction of sp³-hybridized carbons (Fsp3) is 0.304. The largest absolute Gasteiger partial charge is 0.488 e. The highest BCUT2D eigenvalue weighted by atomic mass is 32.2. The van der Waals surface area contributed by atoms with Gasteiger partial charge >= 0.3 is 0 Å². The third kappa shape index (κ3) is 5.92. The highest BCUT2D eigenvalue weighted by Gasteiger charge is 2.19. The molecule has 2 N–H and O–H groups in total. The fourth-order valence-corrected chi connectivity index (χ4v) is 4.97. The van der Waals surface area contributed by atoms with Crippen LogP contribution in [0.25, 0.3) is 0 Å². The Morgan fingerprint density at radius 1 is 1.15 bits per heavy atom. The van der Waals surface area contributed by atoms with Crippen molar-refractivity contribution in [1.29, 1.82) is 0 Å². The molecule has 2 aromatic carbocycles. The number of nitrogens with zero attached hydrogens (tertiary/aromatic N) is 1. The lowest BCUT2D eigenvalue weighted by Crippen LogP contribution is -2.18. The summed E-state index contributed by atoms with van der Waals surface area (Å²) in [5, 5.41) is 6.60. The number of benzene rings is 2. The molecule has 1 aliphatic rings. The van der Waals surface area contributed by atoms with Crippen molar-refractivity contribution in [2.45, 2.75) is 31.0 Å². The van der Waals surface area contributed by atoms with Gasteiger partial charge in [-0.05, 0) is 43.3 Å². The van der Waals surface area contributed by atoms with Crippen LogP contribution in [0.3, 0.4) is 0 Å². The highest BCUT2D eigenvalue weighted by molar-refractivity contribution is 7.90. The Labute approximate surface area is 202 Å². The number of sulfone groups is 1. The van der Waals surface area contributed by atoms with E-state index in [2.05, 4.69) is 15.6 Å². The SMILES string of the molecule is COCC(C)Oc1cc(Oc2ccc(S(C)(=O)=O)cc2)cc(C(=O)Nc2nc3c(s2)CNC3)c1. The first-order valence-electron chi connectivity index (χ1n) is 10.5. The Morgan fingerprint density at radius 2 is 1.88 bits per heavy atom. The van der Waals surface area contributed by atoms with E-state index >= 15 is 0 Å². The van der Waals surface area contributed by atoms with Crippen molar-refractivity contribution in [3.8, 4) is 17.2 Å². The van der Waals surface area contributed by atoms with Gasteiger partial charge < -0.3 is 19.5 Å². The molecule has 34 heavy (non-hydrogen) atoms. The van der Waals surface area contributed by atoms with E-state index in [1.807, 2.05) is 6.92 Å². The van der Waals surface area contributed by atoms with Crippen LogP contribution in [0.2, 0.25) is 0 Å². The molecule has 1 amide bonds. The van der Waals surface area contributed by atoms with Crippen LogP contribution in [-0.2, 0) is 27.7 Å². The van der Waals surface area contributed by atoms with Gasteiger partial charge in [-0.1, -0.05) is 0 Å². The lowest BCUT2D eigenvalue weighted by molar-refractivity contribution is 0.0916. The molecular weight excluding hydrogens is 478 g/mol. The van der Waals surface area contributed by atoms with Crippen molar-refractivity contribution >= 4 is 32.2 Å². The quantitative estimate of drug-likeness (QED) is 0.455. The molecule has 0 aliphatic carbocycles. The van der Waals surface area contributed by atoms with Gasteiger partial charge in [0.15, 0.2) is 15.0 Å². The van der Waals surface area contributed by atoms with Gasteiger partial charge in [0.1, 0.15) is 23.4 Å². The standard InChI is InChI=1S/C23H25N3O6S2/c1-14(13-30-2)31-17-8-15(22(27)26-23-25-20-11-24-12-21(20)33-23)9-18(10-17)32-16-4-6-19(7-5-16)34(3,28)29/h4-10,14,24H,11-13H2,1-3H3,(H,25,26,27). The van der Waals surface area contributed by atoms with Gasteiger partial charge in [0, 0.05) is 43.0 Å². The number of aromatic nitrogens is 1. The molecule has 0 spiro atoms. The number of carbonyl (C=O) groups excluding carboxylic acids is 1. The molecule has 2 heterocycles.